The van der Waals surface area contributed by atoms with E-state index in [1.807, 2.05) is 0 Å². The predicted molar refractivity (Wildman–Crippen MR) is 81.3 cm³/mol. The molecule has 0 fully saturated rings. The van der Waals surface area contributed by atoms with Crippen LogP contribution in [0, 0.1) is 0 Å². The van der Waals surface area contributed by atoms with E-state index < -0.39 is 15.8 Å². The molecule has 2 aromatic rings. The molecule has 4 nitrogen and oxygen atoms in total. The molecular formula is C15H13ClO4S. The lowest BCUT2D eigenvalue weighted by Gasteiger charge is -2.08. The largest absolute Gasteiger partial charge is 0.481 e. The van der Waals surface area contributed by atoms with E-state index in [-0.39, 0.29) is 11.3 Å². The number of benzene rings is 2. The maximum atomic E-state index is 11.4. The third-order valence-corrected chi connectivity index (χ3v) is 4.44. The molecule has 0 saturated heterocycles. The van der Waals surface area contributed by atoms with Crippen molar-refractivity contribution >= 4 is 27.4 Å². The summed E-state index contributed by atoms with van der Waals surface area (Å²) in [5, 5.41) is 9.31. The fourth-order valence-electron chi connectivity index (χ4n) is 1.96. The molecule has 1 N–H and O–H groups in total. The summed E-state index contributed by atoms with van der Waals surface area (Å²) in [4.78, 5) is 11.0. The lowest BCUT2D eigenvalue weighted by Crippen LogP contribution is -2.00. The van der Waals surface area contributed by atoms with Gasteiger partial charge in [-0.1, -0.05) is 29.8 Å². The Kier molecular flexibility index (Phi) is 4.34. The molecule has 0 aliphatic rings. The van der Waals surface area contributed by atoms with Crippen molar-refractivity contribution in [2.45, 2.75) is 11.3 Å². The summed E-state index contributed by atoms with van der Waals surface area (Å²) in [5.41, 5.74) is 2.05. The Morgan fingerprint density at radius 3 is 2.29 bits per heavy atom. The van der Waals surface area contributed by atoms with Gasteiger partial charge >= 0.3 is 5.97 Å². The molecule has 0 saturated carbocycles. The van der Waals surface area contributed by atoms with Crippen molar-refractivity contribution in [3.8, 4) is 11.1 Å². The minimum absolute atomic E-state index is 0.0917. The van der Waals surface area contributed by atoms with Gasteiger partial charge in [0.15, 0.2) is 9.84 Å². The molecule has 21 heavy (non-hydrogen) atoms. The Hall–Kier alpha value is -1.85. The molecular weight excluding hydrogens is 312 g/mol. The van der Waals surface area contributed by atoms with Crippen LogP contribution in [0.15, 0.2) is 47.4 Å². The molecule has 0 atom stereocenters. The second-order valence-corrected chi connectivity index (χ2v) is 7.10. The van der Waals surface area contributed by atoms with Crippen molar-refractivity contribution in [1.82, 2.24) is 0 Å². The number of sulfone groups is 1. The number of hydrogen-bond acceptors (Lipinski definition) is 3. The number of hydrogen-bond donors (Lipinski definition) is 1. The maximum Gasteiger partial charge on any atom is 0.307 e. The first-order chi connectivity index (χ1) is 9.77. The van der Waals surface area contributed by atoms with E-state index in [2.05, 4.69) is 0 Å². The van der Waals surface area contributed by atoms with Crippen molar-refractivity contribution < 1.29 is 18.3 Å². The quantitative estimate of drug-likeness (QED) is 0.938. The molecule has 6 heteroatoms. The highest BCUT2D eigenvalue weighted by atomic mass is 35.5. The van der Waals surface area contributed by atoms with Gasteiger partial charge in [0, 0.05) is 16.8 Å². The molecule has 2 aromatic carbocycles. The molecule has 0 aliphatic carbocycles. The first-order valence-corrected chi connectivity index (χ1v) is 8.35. The number of carboxylic acids is 1. The van der Waals surface area contributed by atoms with Crippen molar-refractivity contribution in [3.63, 3.8) is 0 Å². The Labute approximate surface area is 127 Å². The molecule has 0 spiro atoms. The van der Waals surface area contributed by atoms with Gasteiger partial charge in [-0.25, -0.2) is 8.42 Å². The summed E-state index contributed by atoms with van der Waals surface area (Å²) in [6, 6.07) is 11.3. The molecule has 0 aromatic heterocycles. The molecule has 0 bridgehead atoms. The zero-order valence-electron chi connectivity index (χ0n) is 11.2. The second-order valence-electron chi connectivity index (χ2n) is 4.68. The first-order valence-electron chi connectivity index (χ1n) is 6.08. The SMILES string of the molecule is CS(=O)(=O)c1ccc(-c2cc(CC(=O)O)ccc2Cl)cc1. The van der Waals surface area contributed by atoms with Gasteiger partial charge in [0.25, 0.3) is 0 Å². The van der Waals surface area contributed by atoms with Gasteiger partial charge < -0.3 is 5.11 Å². The van der Waals surface area contributed by atoms with Crippen LogP contribution >= 0.6 is 11.6 Å². The highest BCUT2D eigenvalue weighted by molar-refractivity contribution is 7.90. The minimum atomic E-state index is -3.25. The summed E-state index contributed by atoms with van der Waals surface area (Å²) in [5.74, 6) is -0.921. The third-order valence-electron chi connectivity index (χ3n) is 2.98. The molecule has 0 radical (unpaired) electrons. The first kappa shape index (κ1) is 15.5. The standard InChI is InChI=1S/C15H13ClO4S/c1-21(19,20)12-5-3-11(4-6-12)13-8-10(9-15(17)18)2-7-14(13)16/h2-8H,9H2,1H3,(H,17,18). The van der Waals surface area contributed by atoms with E-state index in [9.17, 15) is 13.2 Å². The fraction of sp³-hybridized carbons (Fsp3) is 0.133. The van der Waals surface area contributed by atoms with E-state index in [0.29, 0.717) is 16.1 Å². The molecule has 0 heterocycles. The van der Waals surface area contributed by atoms with Crippen LogP contribution < -0.4 is 0 Å². The number of carbonyl (C=O) groups is 1. The lowest BCUT2D eigenvalue weighted by atomic mass is 10.0. The van der Waals surface area contributed by atoms with Gasteiger partial charge in [-0.15, -0.1) is 0 Å². The fourth-order valence-corrected chi connectivity index (χ4v) is 2.82. The van der Waals surface area contributed by atoms with Crippen LogP contribution in [-0.2, 0) is 21.1 Å². The minimum Gasteiger partial charge on any atom is -0.481 e. The molecule has 0 aliphatic heterocycles. The van der Waals surface area contributed by atoms with Crippen LogP contribution in [0.25, 0.3) is 11.1 Å². The van der Waals surface area contributed by atoms with Crippen molar-refractivity contribution in [2.24, 2.45) is 0 Å². The molecule has 110 valence electrons. The lowest BCUT2D eigenvalue weighted by molar-refractivity contribution is -0.136. The topological polar surface area (TPSA) is 71.4 Å². The number of carboxylic acid groups (broad SMARTS) is 1. The van der Waals surface area contributed by atoms with Crippen molar-refractivity contribution in [1.29, 1.82) is 0 Å². The average molecular weight is 325 g/mol. The van der Waals surface area contributed by atoms with Crippen molar-refractivity contribution in [2.75, 3.05) is 6.26 Å². The number of aliphatic carboxylic acids is 1. The normalized spacial score (nSPS) is 11.3. The second kappa shape index (κ2) is 5.87. The summed E-state index contributed by atoms with van der Waals surface area (Å²) >= 11 is 6.13. The van der Waals surface area contributed by atoms with Gasteiger partial charge in [0.1, 0.15) is 0 Å². The van der Waals surface area contributed by atoms with Crippen LogP contribution in [0.3, 0.4) is 0 Å². The van der Waals surface area contributed by atoms with E-state index in [4.69, 9.17) is 16.7 Å². The van der Waals surface area contributed by atoms with Gasteiger partial charge in [-0.3, -0.25) is 4.79 Å². The Bertz CT molecular complexity index is 780. The summed E-state index contributed by atoms with van der Waals surface area (Å²) in [7, 11) is -3.25. The average Bonchev–Trinajstić information content (AvgIpc) is 2.39. The van der Waals surface area contributed by atoms with E-state index in [1.54, 1.807) is 30.3 Å². The number of halogens is 1. The van der Waals surface area contributed by atoms with Gasteiger partial charge in [-0.2, -0.15) is 0 Å². The number of rotatable bonds is 4. The molecule has 0 unspecified atom stereocenters. The Morgan fingerprint density at radius 2 is 1.76 bits per heavy atom. The summed E-state index contributed by atoms with van der Waals surface area (Å²) < 4.78 is 22.9. The maximum absolute atomic E-state index is 11.4. The van der Waals surface area contributed by atoms with E-state index in [1.165, 1.54) is 12.1 Å². The molecule has 0 amide bonds. The Balaban J connectivity index is 2.43. The van der Waals surface area contributed by atoms with Crippen molar-refractivity contribution in [3.05, 3.63) is 53.1 Å². The van der Waals surface area contributed by atoms with Gasteiger partial charge in [-0.05, 0) is 35.4 Å². The highest BCUT2D eigenvalue weighted by Gasteiger charge is 2.10. The summed E-state index contributed by atoms with van der Waals surface area (Å²) in [6.45, 7) is 0. The van der Waals surface area contributed by atoms with Crippen LogP contribution in [0.2, 0.25) is 5.02 Å². The zero-order chi connectivity index (χ0) is 15.6. The smallest absolute Gasteiger partial charge is 0.307 e. The third kappa shape index (κ3) is 3.83. The highest BCUT2D eigenvalue weighted by Crippen LogP contribution is 2.29. The molecule has 2 rings (SSSR count). The van der Waals surface area contributed by atoms with Crippen LogP contribution in [0.5, 0.6) is 0 Å². The summed E-state index contributed by atoms with van der Waals surface area (Å²) in [6.07, 6.45) is 1.05. The van der Waals surface area contributed by atoms with E-state index >= 15 is 0 Å². The monoisotopic (exact) mass is 324 g/mol. The van der Waals surface area contributed by atoms with Gasteiger partial charge in [0.2, 0.25) is 0 Å². The Morgan fingerprint density at radius 1 is 1.14 bits per heavy atom. The zero-order valence-corrected chi connectivity index (χ0v) is 12.8. The van der Waals surface area contributed by atoms with E-state index in [0.717, 1.165) is 11.8 Å². The van der Waals surface area contributed by atoms with Crippen LogP contribution in [0.4, 0.5) is 0 Å². The van der Waals surface area contributed by atoms with Crippen LogP contribution in [0.1, 0.15) is 5.56 Å². The van der Waals surface area contributed by atoms with Gasteiger partial charge in [0.05, 0.1) is 11.3 Å². The predicted octanol–water partition coefficient (Wildman–Crippen LogP) is 3.04. The van der Waals surface area contributed by atoms with Crippen LogP contribution in [-0.4, -0.2) is 25.7 Å².